The van der Waals surface area contributed by atoms with E-state index in [1.807, 2.05) is 30.3 Å². The van der Waals surface area contributed by atoms with Crippen LogP contribution in [0.5, 0.6) is 11.5 Å². The lowest BCUT2D eigenvalue weighted by molar-refractivity contribution is -0.121. The second-order valence-corrected chi connectivity index (χ2v) is 7.17. The standard InChI is InChI=1S/C21H21N3O4S/c1-13-19(29-21(22-13)15-7-5-4-6-8-15)20(26)24-23-18(25)12-14-9-10-16(27-2)17(11-14)28-3/h4-11H,12H2,1-3H3,(H,23,25)(H,24,26). The summed E-state index contributed by atoms with van der Waals surface area (Å²) in [7, 11) is 3.08. The quantitative estimate of drug-likeness (QED) is 0.609. The van der Waals surface area contributed by atoms with Gasteiger partial charge in [-0.05, 0) is 24.6 Å². The summed E-state index contributed by atoms with van der Waals surface area (Å²) in [5.41, 5.74) is 7.18. The number of hydrogen-bond acceptors (Lipinski definition) is 6. The number of rotatable bonds is 6. The van der Waals surface area contributed by atoms with E-state index in [0.29, 0.717) is 22.1 Å². The van der Waals surface area contributed by atoms with Crippen molar-refractivity contribution >= 4 is 23.2 Å². The highest BCUT2D eigenvalue weighted by atomic mass is 32.1. The van der Waals surface area contributed by atoms with Gasteiger partial charge in [0.15, 0.2) is 11.5 Å². The Morgan fingerprint density at radius 1 is 1.00 bits per heavy atom. The molecule has 3 aromatic rings. The molecule has 0 aliphatic rings. The zero-order valence-electron chi connectivity index (χ0n) is 16.3. The van der Waals surface area contributed by atoms with Crippen LogP contribution in [-0.2, 0) is 11.2 Å². The van der Waals surface area contributed by atoms with E-state index in [1.165, 1.54) is 18.4 Å². The Balaban J connectivity index is 1.61. The molecule has 29 heavy (non-hydrogen) atoms. The van der Waals surface area contributed by atoms with Gasteiger partial charge >= 0.3 is 0 Å². The van der Waals surface area contributed by atoms with Crippen LogP contribution in [0, 0.1) is 6.92 Å². The van der Waals surface area contributed by atoms with Crippen molar-refractivity contribution in [3.8, 4) is 22.1 Å². The third kappa shape index (κ3) is 4.91. The summed E-state index contributed by atoms with van der Waals surface area (Å²) in [5, 5.41) is 0.755. The minimum absolute atomic E-state index is 0.0809. The molecule has 0 unspecified atom stereocenters. The molecule has 2 N–H and O–H groups in total. The lowest BCUT2D eigenvalue weighted by Gasteiger charge is -2.10. The monoisotopic (exact) mass is 411 g/mol. The van der Waals surface area contributed by atoms with E-state index in [9.17, 15) is 9.59 Å². The van der Waals surface area contributed by atoms with Crippen molar-refractivity contribution in [3.63, 3.8) is 0 Å². The molecule has 0 aliphatic heterocycles. The Morgan fingerprint density at radius 2 is 1.72 bits per heavy atom. The largest absolute Gasteiger partial charge is 0.493 e. The Labute approximate surface area is 172 Å². The second-order valence-electron chi connectivity index (χ2n) is 6.17. The maximum atomic E-state index is 12.5. The van der Waals surface area contributed by atoms with Gasteiger partial charge in [-0.25, -0.2) is 4.98 Å². The number of thiazole rings is 1. The van der Waals surface area contributed by atoms with Crippen LogP contribution in [0.2, 0.25) is 0 Å². The van der Waals surface area contributed by atoms with Crippen molar-refractivity contribution in [3.05, 3.63) is 64.7 Å². The molecule has 8 heteroatoms. The maximum absolute atomic E-state index is 12.5. The molecule has 2 aromatic carbocycles. The van der Waals surface area contributed by atoms with E-state index >= 15 is 0 Å². The SMILES string of the molecule is COc1ccc(CC(=O)NNC(=O)c2sc(-c3ccccc3)nc2C)cc1OC. The number of carbonyl (C=O) groups excluding carboxylic acids is 2. The Morgan fingerprint density at radius 3 is 2.41 bits per heavy atom. The molecule has 2 amide bonds. The predicted molar refractivity (Wildman–Crippen MR) is 111 cm³/mol. The zero-order valence-corrected chi connectivity index (χ0v) is 17.1. The summed E-state index contributed by atoms with van der Waals surface area (Å²) >= 11 is 1.28. The summed E-state index contributed by atoms with van der Waals surface area (Å²) in [6.45, 7) is 1.77. The van der Waals surface area contributed by atoms with E-state index in [-0.39, 0.29) is 12.3 Å². The Hall–Kier alpha value is -3.39. The summed E-state index contributed by atoms with van der Waals surface area (Å²) in [5.74, 6) is 0.370. The van der Waals surface area contributed by atoms with Crippen LogP contribution in [-0.4, -0.2) is 31.0 Å². The molecule has 7 nitrogen and oxygen atoms in total. The van der Waals surface area contributed by atoms with Crippen molar-refractivity contribution in [1.29, 1.82) is 0 Å². The molecule has 0 saturated carbocycles. The minimum Gasteiger partial charge on any atom is -0.493 e. The predicted octanol–water partition coefficient (Wildman–Crippen LogP) is 3.14. The van der Waals surface area contributed by atoms with Crippen molar-refractivity contribution < 1.29 is 19.1 Å². The van der Waals surface area contributed by atoms with Crippen molar-refractivity contribution in [1.82, 2.24) is 15.8 Å². The van der Waals surface area contributed by atoms with Gasteiger partial charge in [0.05, 0.1) is 26.3 Å². The number of carbonyl (C=O) groups is 2. The van der Waals surface area contributed by atoms with Gasteiger partial charge in [0.2, 0.25) is 5.91 Å². The first-order valence-corrected chi connectivity index (χ1v) is 9.66. The first-order chi connectivity index (χ1) is 14.0. The molecule has 0 bridgehead atoms. The molecular formula is C21H21N3O4S. The highest BCUT2D eigenvalue weighted by Crippen LogP contribution is 2.28. The third-order valence-corrected chi connectivity index (χ3v) is 5.36. The molecule has 1 aromatic heterocycles. The van der Waals surface area contributed by atoms with Crippen LogP contribution in [0.3, 0.4) is 0 Å². The number of hydrogen-bond donors (Lipinski definition) is 2. The number of aromatic nitrogens is 1. The molecule has 3 rings (SSSR count). The normalized spacial score (nSPS) is 10.3. The zero-order chi connectivity index (χ0) is 20.8. The molecule has 0 atom stereocenters. The van der Waals surface area contributed by atoms with Crippen LogP contribution >= 0.6 is 11.3 Å². The van der Waals surface area contributed by atoms with E-state index in [0.717, 1.165) is 16.1 Å². The fourth-order valence-corrected chi connectivity index (χ4v) is 3.68. The van der Waals surface area contributed by atoms with Gasteiger partial charge in [0.25, 0.3) is 5.91 Å². The van der Waals surface area contributed by atoms with Gasteiger partial charge in [-0.1, -0.05) is 36.4 Å². The molecule has 150 valence electrons. The number of aryl methyl sites for hydroxylation is 1. The number of nitrogens with one attached hydrogen (secondary N) is 2. The van der Waals surface area contributed by atoms with Crippen LogP contribution < -0.4 is 20.3 Å². The summed E-state index contributed by atoms with van der Waals surface area (Å²) in [6.07, 6.45) is 0.0809. The highest BCUT2D eigenvalue weighted by Gasteiger charge is 2.17. The van der Waals surface area contributed by atoms with Crippen LogP contribution in [0.15, 0.2) is 48.5 Å². The molecule has 0 radical (unpaired) electrons. The molecule has 0 spiro atoms. The molecule has 0 aliphatic carbocycles. The smallest absolute Gasteiger partial charge is 0.281 e. The first-order valence-electron chi connectivity index (χ1n) is 8.84. The Kier molecular flexibility index (Phi) is 6.46. The minimum atomic E-state index is -0.400. The van der Waals surface area contributed by atoms with E-state index < -0.39 is 5.91 Å². The number of ether oxygens (including phenoxy) is 2. The molecule has 1 heterocycles. The topological polar surface area (TPSA) is 89.6 Å². The first kappa shape index (κ1) is 20.3. The van der Waals surface area contributed by atoms with Crippen molar-refractivity contribution in [2.75, 3.05) is 14.2 Å². The fourth-order valence-electron chi connectivity index (χ4n) is 2.71. The molecular weight excluding hydrogens is 390 g/mol. The van der Waals surface area contributed by atoms with Gasteiger partial charge in [0, 0.05) is 5.56 Å². The van der Waals surface area contributed by atoms with E-state index in [4.69, 9.17) is 9.47 Å². The number of hydrazine groups is 1. The van der Waals surface area contributed by atoms with Crippen LogP contribution in [0.1, 0.15) is 20.9 Å². The van der Waals surface area contributed by atoms with Gasteiger partial charge in [0.1, 0.15) is 9.88 Å². The number of methoxy groups -OCH3 is 2. The van der Waals surface area contributed by atoms with Crippen LogP contribution in [0.25, 0.3) is 10.6 Å². The van der Waals surface area contributed by atoms with Gasteiger partial charge < -0.3 is 9.47 Å². The molecule has 0 saturated heterocycles. The van der Waals surface area contributed by atoms with Gasteiger partial charge in [-0.2, -0.15) is 0 Å². The third-order valence-electron chi connectivity index (χ3n) is 4.15. The number of nitrogens with zero attached hydrogens (tertiary/aromatic N) is 1. The van der Waals surface area contributed by atoms with Crippen molar-refractivity contribution in [2.24, 2.45) is 0 Å². The summed E-state index contributed by atoms with van der Waals surface area (Å²) in [6, 6.07) is 14.8. The summed E-state index contributed by atoms with van der Waals surface area (Å²) in [4.78, 5) is 29.6. The maximum Gasteiger partial charge on any atom is 0.281 e. The molecule has 0 fully saturated rings. The fraction of sp³-hybridized carbons (Fsp3) is 0.190. The van der Waals surface area contributed by atoms with E-state index in [2.05, 4.69) is 15.8 Å². The Bertz CT molecular complexity index is 1020. The van der Waals surface area contributed by atoms with Crippen molar-refractivity contribution in [2.45, 2.75) is 13.3 Å². The van der Waals surface area contributed by atoms with Gasteiger partial charge in [-0.3, -0.25) is 20.4 Å². The number of benzene rings is 2. The van der Waals surface area contributed by atoms with Gasteiger partial charge in [-0.15, -0.1) is 11.3 Å². The average molecular weight is 411 g/mol. The van der Waals surface area contributed by atoms with Crippen LogP contribution in [0.4, 0.5) is 0 Å². The summed E-state index contributed by atoms with van der Waals surface area (Å²) < 4.78 is 10.4. The van der Waals surface area contributed by atoms with E-state index in [1.54, 1.807) is 32.2 Å². The lowest BCUT2D eigenvalue weighted by atomic mass is 10.1. The number of amides is 2. The second kappa shape index (κ2) is 9.20. The lowest BCUT2D eigenvalue weighted by Crippen LogP contribution is -2.42. The highest BCUT2D eigenvalue weighted by molar-refractivity contribution is 7.17. The average Bonchev–Trinajstić information content (AvgIpc) is 3.14.